The van der Waals surface area contributed by atoms with Crippen LogP contribution in [0.3, 0.4) is 0 Å². The highest BCUT2D eigenvalue weighted by Gasteiger charge is 2.53. The first-order valence-electron chi connectivity index (χ1n) is 8.20. The summed E-state index contributed by atoms with van der Waals surface area (Å²) in [6.07, 6.45) is -1.26. The lowest BCUT2D eigenvalue weighted by atomic mass is 10.1. The number of esters is 2. The number of hydrogen-bond acceptors (Lipinski definition) is 7. The number of rotatable bonds is 3. The van der Waals surface area contributed by atoms with Gasteiger partial charge in [0, 0.05) is 6.42 Å². The van der Waals surface area contributed by atoms with E-state index in [0.29, 0.717) is 0 Å². The number of carbonyl (C=O) groups is 4. The predicted molar refractivity (Wildman–Crippen MR) is 87.8 cm³/mol. The molecule has 0 bridgehead atoms. The molecule has 142 valence electrons. The summed E-state index contributed by atoms with van der Waals surface area (Å²) in [7, 11) is 0. The number of carbonyl (C=O) groups excluding carboxylic acids is 4. The van der Waals surface area contributed by atoms with E-state index < -0.39 is 47.1 Å². The van der Waals surface area contributed by atoms with Crippen molar-refractivity contribution in [3.8, 4) is 0 Å². The van der Waals surface area contributed by atoms with Crippen molar-refractivity contribution in [3.63, 3.8) is 0 Å². The summed E-state index contributed by atoms with van der Waals surface area (Å²) < 4.78 is 15.4. The highest BCUT2D eigenvalue weighted by Crippen LogP contribution is 2.27. The van der Waals surface area contributed by atoms with Crippen LogP contribution < -0.4 is 0 Å². The molecule has 0 unspecified atom stereocenters. The standard InChI is InChI=1S/C17H27NO7/c1-8-23-14(21)12-11(19)9-10(13(20)24-16(2,3)4)18(12)15(22)25-17(5,6)7/h10,12H,8-9H2,1-7H3/t10-,12-/m0/s1. The van der Waals surface area contributed by atoms with Gasteiger partial charge in [0.1, 0.15) is 17.2 Å². The van der Waals surface area contributed by atoms with Crippen LogP contribution in [0, 0.1) is 0 Å². The first-order valence-corrected chi connectivity index (χ1v) is 8.20. The van der Waals surface area contributed by atoms with Crippen molar-refractivity contribution in [2.45, 2.75) is 78.2 Å². The van der Waals surface area contributed by atoms with Gasteiger partial charge in [0.05, 0.1) is 6.61 Å². The van der Waals surface area contributed by atoms with Gasteiger partial charge >= 0.3 is 18.0 Å². The molecule has 1 heterocycles. The molecule has 1 aliphatic heterocycles. The van der Waals surface area contributed by atoms with Gasteiger partial charge in [0.25, 0.3) is 0 Å². The molecule has 0 N–H and O–H groups in total. The molecule has 0 saturated carbocycles. The maximum Gasteiger partial charge on any atom is 0.412 e. The van der Waals surface area contributed by atoms with Gasteiger partial charge in [-0.1, -0.05) is 0 Å². The summed E-state index contributed by atoms with van der Waals surface area (Å²) >= 11 is 0. The third-order valence-corrected chi connectivity index (χ3v) is 3.11. The molecule has 1 aliphatic rings. The second kappa shape index (κ2) is 7.41. The Hall–Kier alpha value is -2.12. The molecule has 0 aliphatic carbocycles. The van der Waals surface area contributed by atoms with E-state index in [1.54, 1.807) is 48.5 Å². The summed E-state index contributed by atoms with van der Waals surface area (Å²) in [5, 5.41) is 0. The summed E-state index contributed by atoms with van der Waals surface area (Å²) in [5.74, 6) is -2.23. The topological polar surface area (TPSA) is 99.2 Å². The summed E-state index contributed by atoms with van der Waals surface area (Å²) in [6, 6.07) is -2.73. The van der Waals surface area contributed by atoms with Crippen molar-refractivity contribution in [1.82, 2.24) is 4.90 Å². The zero-order valence-electron chi connectivity index (χ0n) is 15.9. The first-order chi connectivity index (χ1) is 11.3. The number of amides is 1. The predicted octanol–water partition coefficient (Wildman–Crippen LogP) is 1.84. The molecule has 0 radical (unpaired) electrons. The molecule has 1 saturated heterocycles. The average molecular weight is 357 g/mol. The van der Waals surface area contributed by atoms with Crippen molar-refractivity contribution in [3.05, 3.63) is 0 Å². The van der Waals surface area contributed by atoms with Gasteiger partial charge in [-0.2, -0.15) is 0 Å². The number of Topliss-reactive ketones (excluding diaryl/α,β-unsaturated/α-hetero) is 1. The Kier molecular flexibility index (Phi) is 6.20. The van der Waals surface area contributed by atoms with Gasteiger partial charge in [-0.05, 0) is 48.5 Å². The van der Waals surface area contributed by atoms with Crippen LogP contribution in [0.25, 0.3) is 0 Å². The number of likely N-dealkylation sites (tertiary alicyclic amines) is 1. The van der Waals surface area contributed by atoms with Crippen molar-refractivity contribution in [2.24, 2.45) is 0 Å². The molecule has 25 heavy (non-hydrogen) atoms. The van der Waals surface area contributed by atoms with Crippen molar-refractivity contribution in [2.75, 3.05) is 6.61 Å². The molecule has 1 amide bonds. The minimum atomic E-state index is -1.51. The monoisotopic (exact) mass is 357 g/mol. The summed E-state index contributed by atoms with van der Waals surface area (Å²) in [4.78, 5) is 50.3. The molecule has 0 aromatic carbocycles. The molecule has 0 spiro atoms. The average Bonchev–Trinajstić information content (AvgIpc) is 2.73. The van der Waals surface area contributed by atoms with Gasteiger partial charge in [-0.15, -0.1) is 0 Å². The molecule has 1 rings (SSSR count). The molecule has 2 atom stereocenters. The maximum absolute atomic E-state index is 12.5. The summed E-state index contributed by atoms with van der Waals surface area (Å²) in [6.45, 7) is 11.6. The fraction of sp³-hybridized carbons (Fsp3) is 0.765. The van der Waals surface area contributed by atoms with Crippen LogP contribution in [0.1, 0.15) is 54.9 Å². The van der Waals surface area contributed by atoms with Crippen molar-refractivity contribution in [1.29, 1.82) is 0 Å². The Morgan fingerprint density at radius 2 is 1.52 bits per heavy atom. The smallest absolute Gasteiger partial charge is 0.412 e. The van der Waals surface area contributed by atoms with Gasteiger partial charge < -0.3 is 14.2 Å². The summed E-state index contributed by atoms with van der Waals surface area (Å²) in [5.41, 5.74) is -1.66. The second-order valence-corrected chi connectivity index (χ2v) is 7.76. The largest absolute Gasteiger partial charge is 0.464 e. The van der Waals surface area contributed by atoms with Crippen LogP contribution in [0.5, 0.6) is 0 Å². The third-order valence-electron chi connectivity index (χ3n) is 3.11. The van der Waals surface area contributed by atoms with E-state index in [2.05, 4.69) is 0 Å². The van der Waals surface area contributed by atoms with E-state index >= 15 is 0 Å². The lowest BCUT2D eigenvalue weighted by Crippen LogP contribution is -2.52. The van der Waals surface area contributed by atoms with E-state index in [1.165, 1.54) is 0 Å². The van der Waals surface area contributed by atoms with Crippen LogP contribution in [-0.2, 0) is 28.6 Å². The normalized spacial score (nSPS) is 21.1. The molecular formula is C17H27NO7. The SMILES string of the molecule is CCOC(=O)[C@@H]1C(=O)C[C@@H](C(=O)OC(C)(C)C)N1C(=O)OC(C)(C)C. The molecule has 0 aromatic rings. The Labute approximate surface area is 147 Å². The quantitative estimate of drug-likeness (QED) is 0.432. The van der Waals surface area contributed by atoms with Crippen LogP contribution >= 0.6 is 0 Å². The Balaban J connectivity index is 3.18. The number of ketones is 1. The van der Waals surface area contributed by atoms with Gasteiger partial charge in [0.2, 0.25) is 0 Å². The second-order valence-electron chi connectivity index (χ2n) is 7.76. The fourth-order valence-electron chi connectivity index (χ4n) is 2.32. The highest BCUT2D eigenvalue weighted by molar-refractivity contribution is 6.10. The van der Waals surface area contributed by atoms with E-state index in [-0.39, 0.29) is 13.0 Å². The molecular weight excluding hydrogens is 330 g/mol. The van der Waals surface area contributed by atoms with E-state index in [4.69, 9.17) is 14.2 Å². The minimum absolute atomic E-state index is 0.0435. The number of nitrogens with zero attached hydrogens (tertiary/aromatic N) is 1. The number of hydrogen-bond donors (Lipinski definition) is 0. The molecule has 8 nitrogen and oxygen atoms in total. The number of ether oxygens (including phenoxy) is 3. The molecule has 1 fully saturated rings. The zero-order chi connectivity index (χ0) is 19.6. The third kappa shape index (κ3) is 5.72. The van der Waals surface area contributed by atoms with Gasteiger partial charge in [-0.25, -0.2) is 14.4 Å². The van der Waals surface area contributed by atoms with Crippen LogP contribution in [-0.4, -0.2) is 58.6 Å². The highest BCUT2D eigenvalue weighted by atomic mass is 16.6. The fourth-order valence-corrected chi connectivity index (χ4v) is 2.32. The van der Waals surface area contributed by atoms with Crippen LogP contribution in [0.4, 0.5) is 4.79 Å². The Morgan fingerprint density at radius 1 is 1.00 bits per heavy atom. The van der Waals surface area contributed by atoms with Crippen molar-refractivity contribution < 1.29 is 33.4 Å². The lowest BCUT2D eigenvalue weighted by molar-refractivity contribution is -0.161. The minimum Gasteiger partial charge on any atom is -0.464 e. The van der Waals surface area contributed by atoms with E-state index in [0.717, 1.165) is 4.90 Å². The van der Waals surface area contributed by atoms with Crippen LogP contribution in [0.15, 0.2) is 0 Å². The van der Waals surface area contributed by atoms with E-state index in [1.807, 2.05) is 0 Å². The zero-order valence-corrected chi connectivity index (χ0v) is 15.9. The van der Waals surface area contributed by atoms with Crippen LogP contribution in [0.2, 0.25) is 0 Å². The Morgan fingerprint density at radius 3 is 1.96 bits per heavy atom. The van der Waals surface area contributed by atoms with Gasteiger partial charge in [0.15, 0.2) is 11.8 Å². The van der Waals surface area contributed by atoms with Crippen molar-refractivity contribution >= 4 is 23.8 Å². The molecule has 8 heteroatoms. The van der Waals surface area contributed by atoms with Gasteiger partial charge in [-0.3, -0.25) is 9.69 Å². The molecule has 0 aromatic heterocycles. The maximum atomic E-state index is 12.5. The first kappa shape index (κ1) is 20.9. The van der Waals surface area contributed by atoms with E-state index in [9.17, 15) is 19.2 Å². The lowest BCUT2D eigenvalue weighted by Gasteiger charge is -2.31. The Bertz CT molecular complexity index is 556.